The smallest absolute Gasteiger partial charge is 0.0281 e. The van der Waals surface area contributed by atoms with Gasteiger partial charge in [0.25, 0.3) is 0 Å². The molecule has 0 heteroatoms. The van der Waals surface area contributed by atoms with Crippen LogP contribution in [0.2, 0.25) is 0 Å². The lowest BCUT2D eigenvalue weighted by Crippen LogP contribution is -1.81. The number of hydrogen-bond donors (Lipinski definition) is 0. The minimum Gasteiger partial charge on any atom is -0.0651 e. The normalized spacial score (nSPS) is 9.56. The van der Waals surface area contributed by atoms with Crippen molar-refractivity contribution >= 4 is 0 Å². The van der Waals surface area contributed by atoms with Crippen molar-refractivity contribution in [3.63, 3.8) is 0 Å². The average molecular weight is 240 g/mol. The molecule has 2 aromatic rings. The van der Waals surface area contributed by atoms with E-state index in [2.05, 4.69) is 76.2 Å². The highest BCUT2D eigenvalue weighted by molar-refractivity contribution is 5.21. The first-order valence-corrected chi connectivity index (χ1v) is 6.70. The van der Waals surface area contributed by atoms with Crippen molar-refractivity contribution in [1.82, 2.24) is 0 Å². The molecular formula is C18H24. The summed E-state index contributed by atoms with van der Waals surface area (Å²) >= 11 is 0. The molecule has 0 saturated heterocycles. The molecule has 96 valence electrons. The van der Waals surface area contributed by atoms with Crippen molar-refractivity contribution in [3.8, 4) is 0 Å². The molecular weight excluding hydrogens is 216 g/mol. The van der Waals surface area contributed by atoms with Crippen LogP contribution in [0.3, 0.4) is 0 Å². The third-order valence-electron chi connectivity index (χ3n) is 2.88. The molecule has 0 radical (unpaired) electrons. The van der Waals surface area contributed by atoms with Crippen LogP contribution < -0.4 is 0 Å². The van der Waals surface area contributed by atoms with E-state index in [0.717, 1.165) is 0 Å². The Balaban J connectivity index is 0.000000184. The molecule has 2 aromatic carbocycles. The summed E-state index contributed by atoms with van der Waals surface area (Å²) in [6, 6.07) is 17.2. The van der Waals surface area contributed by atoms with Gasteiger partial charge in [-0.05, 0) is 32.8 Å². The monoisotopic (exact) mass is 240 g/mol. The van der Waals surface area contributed by atoms with Crippen LogP contribution in [0.1, 0.15) is 35.6 Å². The van der Waals surface area contributed by atoms with Gasteiger partial charge in [0.1, 0.15) is 0 Å². The van der Waals surface area contributed by atoms with Crippen LogP contribution in [-0.2, 0) is 6.42 Å². The quantitative estimate of drug-likeness (QED) is 0.672. The van der Waals surface area contributed by atoms with Gasteiger partial charge < -0.3 is 0 Å². The first-order chi connectivity index (χ1) is 8.61. The largest absolute Gasteiger partial charge is 0.0651 e. The fraction of sp³-hybridized carbons (Fsp3) is 0.333. The molecule has 0 amide bonds. The molecule has 18 heavy (non-hydrogen) atoms. The van der Waals surface area contributed by atoms with Crippen molar-refractivity contribution in [2.24, 2.45) is 0 Å². The topological polar surface area (TPSA) is 0 Å². The predicted octanol–water partition coefficient (Wildman–Crippen LogP) is 5.25. The zero-order valence-electron chi connectivity index (χ0n) is 12.0. The summed E-state index contributed by atoms with van der Waals surface area (Å²) in [5.74, 6) is 0. The summed E-state index contributed by atoms with van der Waals surface area (Å²) in [5, 5.41) is 0. The van der Waals surface area contributed by atoms with E-state index in [1.54, 1.807) is 0 Å². The van der Waals surface area contributed by atoms with Gasteiger partial charge in [-0.1, -0.05) is 78.6 Å². The first kappa shape index (κ1) is 14.5. The Bertz CT molecular complexity index is 413. The molecule has 0 bridgehead atoms. The summed E-state index contributed by atoms with van der Waals surface area (Å²) < 4.78 is 0. The maximum Gasteiger partial charge on any atom is -0.0281 e. The summed E-state index contributed by atoms with van der Waals surface area (Å²) in [5.41, 5.74) is 5.46. The molecule has 0 N–H and O–H groups in total. The molecule has 2 rings (SSSR count). The Labute approximate surface area is 112 Å². The third kappa shape index (κ3) is 5.67. The van der Waals surface area contributed by atoms with Gasteiger partial charge in [-0.3, -0.25) is 0 Å². The number of benzene rings is 2. The highest BCUT2D eigenvalue weighted by Gasteiger charge is 1.88. The van der Waals surface area contributed by atoms with Gasteiger partial charge in [0.15, 0.2) is 0 Å². The summed E-state index contributed by atoms with van der Waals surface area (Å²) in [6.07, 6.45) is 2.45. The zero-order chi connectivity index (χ0) is 13.4. The van der Waals surface area contributed by atoms with Gasteiger partial charge in [-0.25, -0.2) is 0 Å². The Morgan fingerprint density at radius 1 is 0.611 bits per heavy atom. The fourth-order valence-corrected chi connectivity index (χ4v) is 1.68. The van der Waals surface area contributed by atoms with E-state index in [1.807, 2.05) is 0 Å². The Morgan fingerprint density at radius 2 is 0.944 bits per heavy atom. The van der Waals surface area contributed by atoms with E-state index in [-0.39, 0.29) is 0 Å². The van der Waals surface area contributed by atoms with Gasteiger partial charge in [0, 0.05) is 0 Å². The SMILES string of the molecule is CCCc1ccc(C)cc1.Cc1ccc(C)cc1. The second kappa shape index (κ2) is 7.71. The van der Waals surface area contributed by atoms with E-state index < -0.39 is 0 Å². The van der Waals surface area contributed by atoms with E-state index in [1.165, 1.54) is 35.1 Å². The minimum atomic E-state index is 1.21. The third-order valence-corrected chi connectivity index (χ3v) is 2.88. The molecule has 0 unspecified atom stereocenters. The second-order valence-corrected chi connectivity index (χ2v) is 4.89. The van der Waals surface area contributed by atoms with Crippen LogP contribution in [-0.4, -0.2) is 0 Å². The van der Waals surface area contributed by atoms with Crippen LogP contribution in [0.4, 0.5) is 0 Å². The van der Waals surface area contributed by atoms with Crippen LogP contribution in [0.5, 0.6) is 0 Å². The van der Waals surface area contributed by atoms with Gasteiger partial charge in [0.2, 0.25) is 0 Å². The maximum absolute atomic E-state index is 2.21. The van der Waals surface area contributed by atoms with E-state index >= 15 is 0 Å². The lowest BCUT2D eigenvalue weighted by molar-refractivity contribution is 0.921. The number of rotatable bonds is 2. The summed E-state index contributed by atoms with van der Waals surface area (Å²) in [7, 11) is 0. The molecule has 0 atom stereocenters. The van der Waals surface area contributed by atoms with Crippen LogP contribution >= 0.6 is 0 Å². The average Bonchev–Trinajstić information content (AvgIpc) is 2.37. The zero-order valence-corrected chi connectivity index (χ0v) is 12.0. The van der Waals surface area contributed by atoms with Gasteiger partial charge in [-0.2, -0.15) is 0 Å². The first-order valence-electron chi connectivity index (χ1n) is 6.70. The molecule has 0 aliphatic heterocycles. The second-order valence-electron chi connectivity index (χ2n) is 4.89. The van der Waals surface area contributed by atoms with E-state index in [4.69, 9.17) is 0 Å². The molecule has 0 fully saturated rings. The molecule has 0 aliphatic rings. The molecule has 0 saturated carbocycles. The van der Waals surface area contributed by atoms with Crippen molar-refractivity contribution < 1.29 is 0 Å². The van der Waals surface area contributed by atoms with Crippen LogP contribution in [0.15, 0.2) is 48.5 Å². The predicted molar refractivity (Wildman–Crippen MR) is 81.1 cm³/mol. The van der Waals surface area contributed by atoms with Crippen LogP contribution in [0.25, 0.3) is 0 Å². The number of hydrogen-bond acceptors (Lipinski definition) is 0. The molecule has 0 aromatic heterocycles. The minimum absolute atomic E-state index is 1.21. The highest BCUT2D eigenvalue weighted by Crippen LogP contribution is 2.04. The van der Waals surface area contributed by atoms with Crippen LogP contribution in [0, 0.1) is 20.8 Å². The van der Waals surface area contributed by atoms with E-state index in [9.17, 15) is 0 Å². The molecule has 0 heterocycles. The molecule has 0 spiro atoms. The number of aryl methyl sites for hydroxylation is 4. The summed E-state index contributed by atoms with van der Waals surface area (Å²) in [6.45, 7) is 8.52. The van der Waals surface area contributed by atoms with Crippen molar-refractivity contribution in [3.05, 3.63) is 70.8 Å². The fourth-order valence-electron chi connectivity index (χ4n) is 1.68. The van der Waals surface area contributed by atoms with Gasteiger partial charge >= 0.3 is 0 Å². The van der Waals surface area contributed by atoms with Gasteiger partial charge in [0.05, 0.1) is 0 Å². The Morgan fingerprint density at radius 3 is 1.28 bits per heavy atom. The standard InChI is InChI=1S/C10H14.C8H10/c1-3-4-10-7-5-9(2)6-8-10;1-7-3-5-8(2)6-4-7/h5-8H,3-4H2,1-2H3;3-6H,1-2H3. The van der Waals surface area contributed by atoms with Crippen molar-refractivity contribution in [1.29, 1.82) is 0 Å². The van der Waals surface area contributed by atoms with Crippen molar-refractivity contribution in [2.45, 2.75) is 40.5 Å². The Hall–Kier alpha value is -1.56. The molecule has 0 aliphatic carbocycles. The lowest BCUT2D eigenvalue weighted by atomic mass is 10.1. The van der Waals surface area contributed by atoms with E-state index in [0.29, 0.717) is 0 Å². The Kier molecular flexibility index (Phi) is 6.21. The lowest BCUT2D eigenvalue weighted by Gasteiger charge is -1.97. The maximum atomic E-state index is 2.21. The van der Waals surface area contributed by atoms with Crippen molar-refractivity contribution in [2.75, 3.05) is 0 Å². The highest BCUT2D eigenvalue weighted by atomic mass is 13.9. The van der Waals surface area contributed by atoms with Gasteiger partial charge in [-0.15, -0.1) is 0 Å². The molecule has 0 nitrogen and oxygen atoms in total. The summed E-state index contributed by atoms with van der Waals surface area (Å²) in [4.78, 5) is 0.